The van der Waals surface area contributed by atoms with Crippen LogP contribution in [0.15, 0.2) is 0 Å². The maximum Gasteiger partial charge on any atom is 0.231 e. The van der Waals surface area contributed by atoms with Crippen molar-refractivity contribution in [2.24, 2.45) is 5.92 Å². The van der Waals surface area contributed by atoms with E-state index in [4.69, 9.17) is 0 Å². The molecule has 2 rings (SSSR count). The van der Waals surface area contributed by atoms with E-state index in [1.165, 1.54) is 11.3 Å². The van der Waals surface area contributed by atoms with Gasteiger partial charge in [-0.3, -0.25) is 9.59 Å². The number of likely N-dealkylation sites (tertiary alicyclic amines) is 1. The second kappa shape index (κ2) is 4.88. The van der Waals surface area contributed by atoms with Crippen molar-refractivity contribution in [1.29, 1.82) is 0 Å². The molecule has 1 aromatic heterocycles. The molecule has 1 N–H and O–H groups in total. The van der Waals surface area contributed by atoms with Gasteiger partial charge in [0.25, 0.3) is 0 Å². The first-order chi connectivity index (χ1) is 8.77. The summed E-state index contributed by atoms with van der Waals surface area (Å²) < 4.78 is 0. The van der Waals surface area contributed by atoms with E-state index in [2.05, 4.69) is 15.5 Å². The Bertz CT molecular complexity index is 506. The van der Waals surface area contributed by atoms with Gasteiger partial charge in [-0.15, -0.1) is 10.2 Å². The summed E-state index contributed by atoms with van der Waals surface area (Å²) in [5.74, 6) is -0.437. The molecule has 2 heterocycles. The van der Waals surface area contributed by atoms with Crippen LogP contribution in [-0.2, 0) is 9.59 Å². The molecule has 0 unspecified atom stereocenters. The van der Waals surface area contributed by atoms with Crippen molar-refractivity contribution in [2.75, 3.05) is 11.9 Å². The van der Waals surface area contributed by atoms with E-state index in [1.54, 1.807) is 4.90 Å². The number of nitrogens with one attached hydrogen (secondary N) is 1. The minimum Gasteiger partial charge on any atom is -0.337 e. The Labute approximate surface area is 116 Å². The molecule has 0 radical (unpaired) electrons. The third kappa shape index (κ3) is 3.09. The molecule has 0 saturated carbocycles. The minimum absolute atomic E-state index is 0.0288. The van der Waals surface area contributed by atoms with Gasteiger partial charge < -0.3 is 10.2 Å². The zero-order valence-corrected chi connectivity index (χ0v) is 12.4. The molecule has 1 aromatic rings. The summed E-state index contributed by atoms with van der Waals surface area (Å²) in [4.78, 5) is 25.8. The maximum absolute atomic E-state index is 12.1. The molecule has 0 aliphatic carbocycles. The number of carbonyl (C=O) groups excluding carboxylic acids is 2. The van der Waals surface area contributed by atoms with Gasteiger partial charge in [-0.1, -0.05) is 11.3 Å². The number of nitrogens with zero attached hydrogens (tertiary/aromatic N) is 3. The van der Waals surface area contributed by atoms with Crippen LogP contribution in [0.4, 0.5) is 5.13 Å². The molecule has 0 aromatic carbocycles. The van der Waals surface area contributed by atoms with E-state index in [0.717, 1.165) is 5.01 Å². The number of carbonyl (C=O) groups is 2. The second-order valence-corrected chi connectivity index (χ2v) is 6.87. The van der Waals surface area contributed by atoms with Crippen molar-refractivity contribution in [3.8, 4) is 0 Å². The average Bonchev–Trinajstić information content (AvgIpc) is 2.84. The highest BCUT2D eigenvalue weighted by Gasteiger charge is 2.39. The molecular formula is C12H18N4O2S. The normalized spacial score (nSPS) is 19.9. The molecule has 2 amide bonds. The van der Waals surface area contributed by atoms with Crippen LogP contribution in [0.3, 0.4) is 0 Å². The lowest BCUT2D eigenvalue weighted by Crippen LogP contribution is -2.42. The number of hydrogen-bond acceptors (Lipinski definition) is 5. The van der Waals surface area contributed by atoms with Crippen LogP contribution >= 0.6 is 11.3 Å². The maximum atomic E-state index is 12.1. The van der Waals surface area contributed by atoms with Gasteiger partial charge >= 0.3 is 0 Å². The van der Waals surface area contributed by atoms with Crippen molar-refractivity contribution >= 4 is 28.3 Å². The Morgan fingerprint density at radius 2 is 2.11 bits per heavy atom. The third-order valence-electron chi connectivity index (χ3n) is 3.06. The molecule has 104 valence electrons. The fraction of sp³-hybridized carbons (Fsp3) is 0.667. The Morgan fingerprint density at radius 1 is 1.42 bits per heavy atom. The number of amides is 2. The van der Waals surface area contributed by atoms with Gasteiger partial charge in [0.05, 0.1) is 5.92 Å². The van der Waals surface area contributed by atoms with Crippen molar-refractivity contribution in [2.45, 2.75) is 39.7 Å². The molecule has 1 fully saturated rings. The Hall–Kier alpha value is -1.50. The first-order valence-electron chi connectivity index (χ1n) is 6.19. The van der Waals surface area contributed by atoms with E-state index in [9.17, 15) is 9.59 Å². The van der Waals surface area contributed by atoms with Gasteiger partial charge in [0.15, 0.2) is 0 Å². The van der Waals surface area contributed by atoms with E-state index in [1.807, 2.05) is 27.7 Å². The zero-order valence-electron chi connectivity index (χ0n) is 11.6. The third-order valence-corrected chi connectivity index (χ3v) is 3.82. The van der Waals surface area contributed by atoms with Gasteiger partial charge in [0.1, 0.15) is 5.01 Å². The first-order valence-corrected chi connectivity index (χ1v) is 7.00. The SMILES string of the molecule is Cc1nnc(NC(=O)[C@@H]2CC(=O)N(C(C)(C)C)C2)s1. The van der Waals surface area contributed by atoms with Crippen LogP contribution in [0.25, 0.3) is 0 Å². The molecule has 1 atom stereocenters. The lowest BCUT2D eigenvalue weighted by Gasteiger charge is -2.31. The predicted molar refractivity (Wildman–Crippen MR) is 72.8 cm³/mol. The fourth-order valence-corrected chi connectivity index (χ4v) is 2.68. The number of anilines is 1. The molecule has 19 heavy (non-hydrogen) atoms. The molecule has 1 aliphatic heterocycles. The van der Waals surface area contributed by atoms with Crippen LogP contribution in [0.1, 0.15) is 32.2 Å². The summed E-state index contributed by atoms with van der Waals surface area (Å²) in [5, 5.41) is 11.7. The number of aromatic nitrogens is 2. The summed E-state index contributed by atoms with van der Waals surface area (Å²) in [6, 6.07) is 0. The number of aryl methyl sites for hydroxylation is 1. The van der Waals surface area contributed by atoms with Crippen LogP contribution < -0.4 is 5.32 Å². The van der Waals surface area contributed by atoms with Crippen LogP contribution in [-0.4, -0.2) is 39.0 Å². The summed E-state index contributed by atoms with van der Waals surface area (Å²) in [6.45, 7) is 8.21. The molecular weight excluding hydrogens is 264 g/mol. The number of rotatable bonds is 2. The Morgan fingerprint density at radius 3 is 2.58 bits per heavy atom. The molecule has 0 spiro atoms. The molecule has 1 aliphatic rings. The van der Waals surface area contributed by atoms with Crippen LogP contribution in [0, 0.1) is 12.8 Å². The van der Waals surface area contributed by atoms with Gasteiger partial charge in [-0.25, -0.2) is 0 Å². The smallest absolute Gasteiger partial charge is 0.231 e. The first kappa shape index (κ1) is 13.9. The quantitative estimate of drug-likeness (QED) is 0.890. The van der Waals surface area contributed by atoms with E-state index in [0.29, 0.717) is 11.7 Å². The van der Waals surface area contributed by atoms with Crippen molar-refractivity contribution in [3.63, 3.8) is 0 Å². The highest BCUT2D eigenvalue weighted by Crippen LogP contribution is 2.27. The molecule has 1 saturated heterocycles. The monoisotopic (exact) mass is 282 g/mol. The standard InChI is InChI=1S/C12H18N4O2S/c1-7-14-15-11(19-7)13-10(18)8-5-9(17)16(6-8)12(2,3)4/h8H,5-6H2,1-4H3,(H,13,15,18)/t8-/m1/s1. The van der Waals surface area contributed by atoms with E-state index in [-0.39, 0.29) is 29.7 Å². The fourth-order valence-electron chi connectivity index (χ4n) is 2.09. The van der Waals surface area contributed by atoms with E-state index < -0.39 is 0 Å². The highest BCUT2D eigenvalue weighted by atomic mass is 32.1. The predicted octanol–water partition coefficient (Wildman–Crippen LogP) is 1.43. The highest BCUT2D eigenvalue weighted by molar-refractivity contribution is 7.15. The van der Waals surface area contributed by atoms with Crippen molar-refractivity contribution in [3.05, 3.63) is 5.01 Å². The van der Waals surface area contributed by atoms with Crippen molar-refractivity contribution in [1.82, 2.24) is 15.1 Å². The van der Waals surface area contributed by atoms with Gasteiger partial charge in [0, 0.05) is 18.5 Å². The summed E-state index contributed by atoms with van der Waals surface area (Å²) in [7, 11) is 0. The van der Waals surface area contributed by atoms with Gasteiger partial charge in [-0.2, -0.15) is 0 Å². The number of hydrogen-bond donors (Lipinski definition) is 1. The van der Waals surface area contributed by atoms with Gasteiger partial charge in [0.2, 0.25) is 16.9 Å². The minimum atomic E-state index is -0.309. The Kier molecular flexibility index (Phi) is 3.58. The summed E-state index contributed by atoms with van der Waals surface area (Å²) in [5.41, 5.74) is -0.245. The lowest BCUT2D eigenvalue weighted by atomic mass is 10.1. The van der Waals surface area contributed by atoms with Gasteiger partial charge in [-0.05, 0) is 27.7 Å². The summed E-state index contributed by atoms with van der Waals surface area (Å²) >= 11 is 1.33. The molecule has 6 nitrogen and oxygen atoms in total. The topological polar surface area (TPSA) is 75.2 Å². The van der Waals surface area contributed by atoms with Crippen molar-refractivity contribution < 1.29 is 9.59 Å². The average molecular weight is 282 g/mol. The molecule has 7 heteroatoms. The van der Waals surface area contributed by atoms with Crippen LogP contribution in [0.2, 0.25) is 0 Å². The summed E-state index contributed by atoms with van der Waals surface area (Å²) in [6.07, 6.45) is 0.265. The van der Waals surface area contributed by atoms with Crippen LogP contribution in [0.5, 0.6) is 0 Å². The second-order valence-electron chi connectivity index (χ2n) is 5.69. The molecule has 0 bridgehead atoms. The zero-order chi connectivity index (χ0) is 14.2. The Balaban J connectivity index is 2.00. The largest absolute Gasteiger partial charge is 0.337 e. The van der Waals surface area contributed by atoms with E-state index >= 15 is 0 Å². The lowest BCUT2D eigenvalue weighted by molar-refractivity contribution is -0.131.